The molecule has 4 rings (SSSR count). The van der Waals surface area contributed by atoms with Crippen molar-refractivity contribution >= 4 is 5.91 Å². The summed E-state index contributed by atoms with van der Waals surface area (Å²) in [4.78, 5) is 23.0. The fraction of sp³-hybridized carbons (Fsp3) is 0.550. The molecule has 3 heterocycles. The molecule has 2 aromatic rings. The normalized spacial score (nSPS) is 18.5. The molecule has 2 saturated heterocycles. The summed E-state index contributed by atoms with van der Waals surface area (Å²) < 4.78 is 29.1. The molecule has 162 valence electrons. The predicted octanol–water partition coefficient (Wildman–Crippen LogP) is 0.764. The highest BCUT2D eigenvalue weighted by Crippen LogP contribution is 2.13. The molecule has 0 atom stereocenters. The lowest BCUT2D eigenvalue weighted by molar-refractivity contribution is -0.136. The molecule has 0 N–H and O–H groups in total. The lowest BCUT2D eigenvalue weighted by atomic mass is 10.3. The van der Waals surface area contributed by atoms with Crippen molar-refractivity contribution in [1.82, 2.24) is 24.8 Å². The zero-order chi connectivity index (χ0) is 20.8. The van der Waals surface area contributed by atoms with Crippen molar-refractivity contribution in [1.29, 1.82) is 0 Å². The standard InChI is InChI=1S/C20H26FN5O4/c21-16-1-3-17(4-2-16)29-15-18-22-19(30-23-18)13-24-5-7-25(8-6-24)14-20(27)26-9-11-28-12-10-26/h1-4H,5-15H2. The Morgan fingerprint density at radius 2 is 1.73 bits per heavy atom. The number of hydrogen-bond donors (Lipinski definition) is 0. The van der Waals surface area contributed by atoms with Gasteiger partial charge in [0.2, 0.25) is 17.6 Å². The van der Waals surface area contributed by atoms with Gasteiger partial charge in [-0.05, 0) is 24.3 Å². The van der Waals surface area contributed by atoms with E-state index in [0.29, 0.717) is 56.9 Å². The average molecular weight is 419 g/mol. The topological polar surface area (TPSA) is 84.2 Å². The van der Waals surface area contributed by atoms with E-state index in [9.17, 15) is 9.18 Å². The molecule has 0 unspecified atom stereocenters. The summed E-state index contributed by atoms with van der Waals surface area (Å²) in [5.41, 5.74) is 0. The van der Waals surface area contributed by atoms with Gasteiger partial charge >= 0.3 is 0 Å². The molecule has 0 radical (unpaired) electrons. The van der Waals surface area contributed by atoms with Crippen LogP contribution in [0.2, 0.25) is 0 Å². The van der Waals surface area contributed by atoms with Crippen LogP contribution >= 0.6 is 0 Å². The van der Waals surface area contributed by atoms with Crippen molar-refractivity contribution in [2.75, 3.05) is 59.0 Å². The van der Waals surface area contributed by atoms with Gasteiger partial charge in [0, 0.05) is 39.3 Å². The third kappa shape index (κ3) is 5.74. The molecule has 0 bridgehead atoms. The fourth-order valence-corrected chi connectivity index (χ4v) is 3.49. The Bertz CT molecular complexity index is 817. The molecule has 10 heteroatoms. The Balaban J connectivity index is 1.18. The van der Waals surface area contributed by atoms with Gasteiger partial charge in [-0.15, -0.1) is 0 Å². The van der Waals surface area contributed by atoms with Crippen molar-refractivity contribution in [3.8, 4) is 5.75 Å². The van der Waals surface area contributed by atoms with Gasteiger partial charge in [0.15, 0.2) is 6.61 Å². The molecule has 0 spiro atoms. The Kier molecular flexibility index (Phi) is 6.88. The van der Waals surface area contributed by atoms with E-state index in [1.54, 1.807) is 12.1 Å². The van der Waals surface area contributed by atoms with Crippen molar-refractivity contribution in [2.45, 2.75) is 13.2 Å². The van der Waals surface area contributed by atoms with Crippen LogP contribution in [0.15, 0.2) is 28.8 Å². The molecule has 2 fully saturated rings. The molecular formula is C20H26FN5O4. The van der Waals surface area contributed by atoms with E-state index in [-0.39, 0.29) is 18.3 Å². The van der Waals surface area contributed by atoms with Gasteiger partial charge in [-0.3, -0.25) is 14.6 Å². The van der Waals surface area contributed by atoms with E-state index in [0.717, 1.165) is 26.2 Å². The summed E-state index contributed by atoms with van der Waals surface area (Å²) >= 11 is 0. The van der Waals surface area contributed by atoms with E-state index in [4.69, 9.17) is 14.0 Å². The number of carbonyl (C=O) groups excluding carboxylic acids is 1. The van der Waals surface area contributed by atoms with Gasteiger partial charge in [-0.1, -0.05) is 5.16 Å². The minimum atomic E-state index is -0.310. The van der Waals surface area contributed by atoms with Crippen molar-refractivity contribution < 1.29 is 23.2 Å². The van der Waals surface area contributed by atoms with Gasteiger partial charge in [0.05, 0.1) is 26.3 Å². The van der Waals surface area contributed by atoms with Crippen LogP contribution in [0.3, 0.4) is 0 Å². The number of carbonyl (C=O) groups is 1. The molecule has 1 aromatic heterocycles. The van der Waals surface area contributed by atoms with Gasteiger partial charge in [0.25, 0.3) is 0 Å². The van der Waals surface area contributed by atoms with Crippen LogP contribution in [-0.4, -0.2) is 89.8 Å². The molecular weight excluding hydrogens is 393 g/mol. The maximum absolute atomic E-state index is 12.9. The average Bonchev–Trinajstić information content (AvgIpc) is 3.22. The van der Waals surface area contributed by atoms with Crippen LogP contribution in [0.5, 0.6) is 5.75 Å². The second-order valence-electron chi connectivity index (χ2n) is 7.39. The Morgan fingerprint density at radius 3 is 2.47 bits per heavy atom. The number of aromatic nitrogens is 2. The Morgan fingerprint density at radius 1 is 1.03 bits per heavy atom. The van der Waals surface area contributed by atoms with E-state index in [2.05, 4.69) is 19.9 Å². The first-order valence-corrected chi connectivity index (χ1v) is 10.2. The number of nitrogens with zero attached hydrogens (tertiary/aromatic N) is 5. The zero-order valence-corrected chi connectivity index (χ0v) is 16.8. The quantitative estimate of drug-likeness (QED) is 0.651. The number of benzene rings is 1. The highest BCUT2D eigenvalue weighted by molar-refractivity contribution is 5.78. The SMILES string of the molecule is O=C(CN1CCN(Cc2nc(COc3ccc(F)cc3)no2)CC1)N1CCOCC1. The van der Waals surface area contributed by atoms with E-state index < -0.39 is 0 Å². The third-order valence-electron chi connectivity index (χ3n) is 5.24. The minimum Gasteiger partial charge on any atom is -0.485 e. The number of morpholine rings is 1. The van der Waals surface area contributed by atoms with Crippen LogP contribution in [-0.2, 0) is 22.7 Å². The number of ether oxygens (including phenoxy) is 2. The maximum atomic E-state index is 12.9. The predicted molar refractivity (Wildman–Crippen MR) is 104 cm³/mol. The second kappa shape index (κ2) is 9.96. The second-order valence-corrected chi connectivity index (χ2v) is 7.39. The van der Waals surface area contributed by atoms with Crippen LogP contribution in [0.1, 0.15) is 11.7 Å². The van der Waals surface area contributed by atoms with E-state index in [1.807, 2.05) is 4.90 Å². The Labute approximate surface area is 174 Å². The molecule has 2 aliphatic heterocycles. The van der Waals surface area contributed by atoms with Crippen LogP contribution < -0.4 is 4.74 Å². The fourth-order valence-electron chi connectivity index (χ4n) is 3.49. The molecule has 1 aromatic carbocycles. The summed E-state index contributed by atoms with van der Waals surface area (Å²) in [6, 6.07) is 5.79. The van der Waals surface area contributed by atoms with Crippen molar-refractivity contribution in [3.05, 3.63) is 41.8 Å². The van der Waals surface area contributed by atoms with Crippen molar-refractivity contribution in [3.63, 3.8) is 0 Å². The number of halogens is 1. The van der Waals surface area contributed by atoms with Crippen LogP contribution in [0.25, 0.3) is 0 Å². The molecule has 1 amide bonds. The highest BCUT2D eigenvalue weighted by Gasteiger charge is 2.24. The maximum Gasteiger partial charge on any atom is 0.240 e. The lowest BCUT2D eigenvalue weighted by Crippen LogP contribution is -2.51. The Hall–Kier alpha value is -2.56. The van der Waals surface area contributed by atoms with Crippen LogP contribution in [0, 0.1) is 5.82 Å². The monoisotopic (exact) mass is 419 g/mol. The van der Waals surface area contributed by atoms with Gasteiger partial charge in [0.1, 0.15) is 11.6 Å². The largest absolute Gasteiger partial charge is 0.485 e. The molecule has 30 heavy (non-hydrogen) atoms. The number of rotatable bonds is 7. The molecule has 0 saturated carbocycles. The molecule has 0 aliphatic carbocycles. The summed E-state index contributed by atoms with van der Waals surface area (Å²) in [6.07, 6.45) is 0. The zero-order valence-electron chi connectivity index (χ0n) is 16.8. The number of piperazine rings is 1. The van der Waals surface area contributed by atoms with E-state index in [1.165, 1.54) is 12.1 Å². The van der Waals surface area contributed by atoms with E-state index >= 15 is 0 Å². The summed E-state index contributed by atoms with van der Waals surface area (Å²) in [5, 5.41) is 3.94. The highest BCUT2D eigenvalue weighted by atomic mass is 19.1. The first-order valence-electron chi connectivity index (χ1n) is 10.2. The summed E-state index contributed by atoms with van der Waals surface area (Å²) in [6.45, 7) is 7.12. The van der Waals surface area contributed by atoms with Gasteiger partial charge < -0.3 is 18.9 Å². The summed E-state index contributed by atoms with van der Waals surface area (Å²) in [7, 11) is 0. The van der Waals surface area contributed by atoms with Crippen molar-refractivity contribution in [2.24, 2.45) is 0 Å². The number of hydrogen-bond acceptors (Lipinski definition) is 8. The molecule has 9 nitrogen and oxygen atoms in total. The van der Waals surface area contributed by atoms with Gasteiger partial charge in [-0.2, -0.15) is 4.98 Å². The number of amides is 1. The first-order chi connectivity index (χ1) is 14.7. The lowest BCUT2D eigenvalue weighted by Gasteiger charge is -2.35. The minimum absolute atomic E-state index is 0.159. The summed E-state index contributed by atoms with van der Waals surface area (Å²) in [5.74, 6) is 1.39. The smallest absolute Gasteiger partial charge is 0.240 e. The molecule has 2 aliphatic rings. The van der Waals surface area contributed by atoms with Gasteiger partial charge in [-0.25, -0.2) is 4.39 Å². The van der Waals surface area contributed by atoms with Crippen LogP contribution in [0.4, 0.5) is 4.39 Å². The third-order valence-corrected chi connectivity index (χ3v) is 5.24. The first kappa shape index (κ1) is 20.7.